The summed E-state index contributed by atoms with van der Waals surface area (Å²) in [6, 6.07) is 6.38. The number of fused-ring (bicyclic) bond motifs is 1. The van der Waals surface area contributed by atoms with Gasteiger partial charge in [-0.05, 0) is 54.6 Å². The number of rotatable bonds is 9. The van der Waals surface area contributed by atoms with E-state index in [9.17, 15) is 15.0 Å². The molecule has 5 heteroatoms. The van der Waals surface area contributed by atoms with Crippen molar-refractivity contribution in [2.24, 2.45) is 5.92 Å². The molecule has 0 aromatic heterocycles. The Kier molecular flexibility index (Phi) is 7.88. The van der Waals surface area contributed by atoms with Gasteiger partial charge in [0.25, 0.3) is 5.91 Å². The minimum Gasteiger partial charge on any atom is -0.508 e. The molecular weight excluding hydrogens is 352 g/mol. The molecule has 1 aromatic carbocycles. The molecule has 152 valence electrons. The Labute approximate surface area is 168 Å². The van der Waals surface area contributed by atoms with Gasteiger partial charge in [-0.2, -0.15) is 0 Å². The molecule has 0 bridgehead atoms. The van der Waals surface area contributed by atoms with E-state index in [-0.39, 0.29) is 28.9 Å². The van der Waals surface area contributed by atoms with Crippen molar-refractivity contribution in [1.82, 2.24) is 10.2 Å². The molecule has 0 radical (unpaired) electrons. The van der Waals surface area contributed by atoms with E-state index in [4.69, 9.17) is 0 Å². The minimum absolute atomic E-state index is 0.0117. The highest BCUT2D eigenvalue weighted by atomic mass is 16.3. The Morgan fingerprint density at radius 3 is 2.68 bits per heavy atom. The lowest BCUT2D eigenvalue weighted by atomic mass is 10.0. The molecule has 2 rings (SSSR count). The average Bonchev–Trinajstić information content (AvgIpc) is 3.06. The maximum absolute atomic E-state index is 12.7. The van der Waals surface area contributed by atoms with Gasteiger partial charge in [0.15, 0.2) is 0 Å². The number of aliphatic hydroxyl groups is 2. The smallest absolute Gasteiger partial charge is 0.257 e. The number of nitrogens with one attached hydrogen (secondary N) is 1. The molecule has 1 aromatic rings. The highest BCUT2D eigenvalue weighted by Crippen LogP contribution is 2.26. The van der Waals surface area contributed by atoms with E-state index in [2.05, 4.69) is 37.0 Å². The van der Waals surface area contributed by atoms with Crippen LogP contribution < -0.4 is 5.32 Å². The molecule has 0 saturated heterocycles. The van der Waals surface area contributed by atoms with E-state index in [0.29, 0.717) is 13.1 Å². The van der Waals surface area contributed by atoms with Crippen LogP contribution in [0.2, 0.25) is 0 Å². The summed E-state index contributed by atoms with van der Waals surface area (Å²) in [7, 11) is 0. The van der Waals surface area contributed by atoms with Gasteiger partial charge in [-0.25, -0.2) is 0 Å². The molecule has 0 unspecified atom stereocenters. The standard InChI is InChI=1S/C23H32N2O3/c1-5-24-10-6-7-18-8-9-19-14-25(15-20(19)12-18)23(28)17(4)22(27)13-21(26)11-16(2)3/h8-9,11-13,16,24,26-27H,4-7,10,14-15H2,1-3H3/b21-11-,22-13+. The molecule has 0 aliphatic carbocycles. The normalized spacial score (nSPS) is 14.5. The molecule has 1 heterocycles. The fourth-order valence-corrected chi connectivity index (χ4v) is 3.26. The first-order valence-electron chi connectivity index (χ1n) is 9.93. The Balaban J connectivity index is 2.00. The van der Waals surface area contributed by atoms with Gasteiger partial charge in [0.05, 0.1) is 5.57 Å². The Bertz CT molecular complexity index is 778. The maximum atomic E-state index is 12.7. The molecule has 1 aliphatic heterocycles. The van der Waals surface area contributed by atoms with Gasteiger partial charge >= 0.3 is 0 Å². The number of aryl methyl sites for hydroxylation is 1. The number of hydrogen-bond donors (Lipinski definition) is 3. The first-order chi connectivity index (χ1) is 13.3. The Morgan fingerprint density at radius 2 is 2.00 bits per heavy atom. The SMILES string of the molecule is C=C(C(=O)N1Cc2ccc(CCCNCC)cc2C1)/C(O)=C\C(O)=C\C(C)C. The molecule has 5 nitrogen and oxygen atoms in total. The minimum atomic E-state index is -0.323. The first-order valence-corrected chi connectivity index (χ1v) is 9.93. The summed E-state index contributed by atoms with van der Waals surface area (Å²) in [6.07, 6.45) is 4.85. The van der Waals surface area contributed by atoms with Crippen LogP contribution in [0.4, 0.5) is 0 Å². The van der Waals surface area contributed by atoms with Gasteiger partial charge in [-0.1, -0.05) is 45.5 Å². The number of aliphatic hydroxyl groups excluding tert-OH is 2. The second kappa shape index (κ2) is 10.1. The van der Waals surface area contributed by atoms with Crippen molar-refractivity contribution in [3.05, 3.63) is 70.7 Å². The zero-order valence-electron chi connectivity index (χ0n) is 17.2. The molecule has 0 spiro atoms. The zero-order chi connectivity index (χ0) is 20.7. The van der Waals surface area contributed by atoms with Crippen LogP contribution in [0.1, 0.15) is 43.9 Å². The zero-order valence-corrected chi connectivity index (χ0v) is 17.2. The van der Waals surface area contributed by atoms with Gasteiger partial charge in [0, 0.05) is 19.2 Å². The lowest BCUT2D eigenvalue weighted by molar-refractivity contribution is -0.127. The van der Waals surface area contributed by atoms with E-state index in [1.165, 1.54) is 11.6 Å². The number of allylic oxidation sites excluding steroid dienone is 2. The van der Waals surface area contributed by atoms with E-state index in [1.807, 2.05) is 13.8 Å². The second-order valence-electron chi connectivity index (χ2n) is 7.57. The largest absolute Gasteiger partial charge is 0.508 e. The topological polar surface area (TPSA) is 72.8 Å². The van der Waals surface area contributed by atoms with Crippen molar-refractivity contribution in [2.75, 3.05) is 13.1 Å². The number of carbonyl (C=O) groups is 1. The molecule has 1 aliphatic rings. The average molecular weight is 385 g/mol. The van der Waals surface area contributed by atoms with E-state index < -0.39 is 0 Å². The van der Waals surface area contributed by atoms with Crippen LogP contribution in [0, 0.1) is 5.92 Å². The number of nitrogens with zero attached hydrogens (tertiary/aromatic N) is 1. The summed E-state index contributed by atoms with van der Waals surface area (Å²) in [6.45, 7) is 12.6. The molecule has 0 saturated carbocycles. The third-order valence-corrected chi connectivity index (χ3v) is 4.71. The number of carbonyl (C=O) groups excluding carboxylic acids is 1. The van der Waals surface area contributed by atoms with Gasteiger partial charge in [-0.3, -0.25) is 4.79 Å². The fraction of sp³-hybridized carbons (Fsp3) is 0.435. The quantitative estimate of drug-likeness (QED) is 0.259. The van der Waals surface area contributed by atoms with Crippen LogP contribution >= 0.6 is 0 Å². The van der Waals surface area contributed by atoms with E-state index >= 15 is 0 Å². The lowest BCUT2D eigenvalue weighted by Crippen LogP contribution is -2.27. The van der Waals surface area contributed by atoms with Gasteiger partial charge in [0.2, 0.25) is 0 Å². The van der Waals surface area contributed by atoms with Crippen molar-refractivity contribution >= 4 is 5.91 Å². The summed E-state index contributed by atoms with van der Waals surface area (Å²) in [5.41, 5.74) is 3.54. The molecule has 28 heavy (non-hydrogen) atoms. The first kappa shape index (κ1) is 21.8. The number of hydrogen-bond acceptors (Lipinski definition) is 4. The highest BCUT2D eigenvalue weighted by Gasteiger charge is 2.26. The van der Waals surface area contributed by atoms with Crippen molar-refractivity contribution in [2.45, 2.75) is 46.7 Å². The lowest BCUT2D eigenvalue weighted by Gasteiger charge is -2.16. The summed E-state index contributed by atoms with van der Waals surface area (Å²) in [4.78, 5) is 14.4. The Morgan fingerprint density at radius 1 is 1.29 bits per heavy atom. The monoisotopic (exact) mass is 384 g/mol. The van der Waals surface area contributed by atoms with Crippen molar-refractivity contribution < 1.29 is 15.0 Å². The molecule has 3 N–H and O–H groups in total. The fourth-order valence-electron chi connectivity index (χ4n) is 3.26. The van der Waals surface area contributed by atoms with Crippen LogP contribution in [0.5, 0.6) is 0 Å². The van der Waals surface area contributed by atoms with Gasteiger partial charge in [0.1, 0.15) is 11.5 Å². The van der Waals surface area contributed by atoms with Crippen LogP contribution in [0.25, 0.3) is 0 Å². The molecular formula is C23H32N2O3. The van der Waals surface area contributed by atoms with Gasteiger partial charge < -0.3 is 20.4 Å². The van der Waals surface area contributed by atoms with Crippen molar-refractivity contribution in [1.29, 1.82) is 0 Å². The van der Waals surface area contributed by atoms with E-state index in [1.54, 1.807) is 11.0 Å². The molecule has 0 fully saturated rings. The third kappa shape index (κ3) is 5.99. The van der Waals surface area contributed by atoms with E-state index in [0.717, 1.165) is 37.1 Å². The summed E-state index contributed by atoms with van der Waals surface area (Å²) < 4.78 is 0. The third-order valence-electron chi connectivity index (χ3n) is 4.71. The van der Waals surface area contributed by atoms with Crippen molar-refractivity contribution in [3.63, 3.8) is 0 Å². The second-order valence-corrected chi connectivity index (χ2v) is 7.57. The molecule has 0 atom stereocenters. The number of amides is 1. The highest BCUT2D eigenvalue weighted by molar-refractivity contribution is 5.96. The molecule has 1 amide bonds. The van der Waals surface area contributed by atoms with Crippen LogP contribution in [0.15, 0.2) is 54.0 Å². The number of benzene rings is 1. The van der Waals surface area contributed by atoms with Crippen LogP contribution in [-0.4, -0.2) is 34.1 Å². The predicted octanol–water partition coefficient (Wildman–Crippen LogP) is 4.17. The van der Waals surface area contributed by atoms with Gasteiger partial charge in [-0.15, -0.1) is 0 Å². The van der Waals surface area contributed by atoms with Crippen LogP contribution in [-0.2, 0) is 24.3 Å². The van der Waals surface area contributed by atoms with Crippen LogP contribution in [0.3, 0.4) is 0 Å². The maximum Gasteiger partial charge on any atom is 0.257 e. The summed E-state index contributed by atoms with van der Waals surface area (Å²) in [5, 5.41) is 23.3. The predicted molar refractivity (Wildman–Crippen MR) is 113 cm³/mol. The summed E-state index contributed by atoms with van der Waals surface area (Å²) >= 11 is 0. The Hall–Kier alpha value is -2.53. The summed E-state index contributed by atoms with van der Waals surface area (Å²) in [5.74, 6) is -0.572. The van der Waals surface area contributed by atoms with Crippen molar-refractivity contribution in [3.8, 4) is 0 Å².